The summed E-state index contributed by atoms with van der Waals surface area (Å²) in [5.41, 5.74) is 0. The molecule has 0 radical (unpaired) electrons. The molecule has 1 saturated carbocycles. The quantitative estimate of drug-likeness (QED) is 0.257. The van der Waals surface area contributed by atoms with E-state index in [9.17, 15) is 9.90 Å². The van der Waals surface area contributed by atoms with Crippen LogP contribution < -0.4 is 5.32 Å². The van der Waals surface area contributed by atoms with Crippen LogP contribution in [-0.2, 0) is 9.53 Å². The lowest BCUT2D eigenvalue weighted by Gasteiger charge is -2.26. The summed E-state index contributed by atoms with van der Waals surface area (Å²) in [7, 11) is 0. The van der Waals surface area contributed by atoms with Gasteiger partial charge in [-0.1, -0.05) is 64.7 Å². The molecule has 2 atom stereocenters. The van der Waals surface area contributed by atoms with E-state index in [0.717, 1.165) is 45.1 Å². The third-order valence-corrected chi connectivity index (χ3v) is 5.65. The van der Waals surface area contributed by atoms with Gasteiger partial charge < -0.3 is 15.2 Å². The zero-order valence-corrected chi connectivity index (χ0v) is 17.9. The molecule has 1 rings (SSSR count). The smallest absolute Gasteiger partial charge is 0.305 e. The molecule has 0 aliphatic heterocycles. The van der Waals surface area contributed by atoms with Gasteiger partial charge in [-0.15, -0.1) is 0 Å². The molecule has 4 heteroatoms. The van der Waals surface area contributed by atoms with Gasteiger partial charge in [-0.3, -0.25) is 4.79 Å². The Labute approximate surface area is 167 Å². The van der Waals surface area contributed by atoms with E-state index in [1.54, 1.807) is 0 Å². The Hall–Kier alpha value is -0.610. The fourth-order valence-electron chi connectivity index (χ4n) is 3.90. The first kappa shape index (κ1) is 24.4. The normalized spacial score (nSPS) is 19.9. The lowest BCUT2D eigenvalue weighted by atomic mass is 9.93. The summed E-state index contributed by atoms with van der Waals surface area (Å²) >= 11 is 0. The number of hydrogen-bond donors (Lipinski definition) is 2. The highest BCUT2D eigenvalue weighted by molar-refractivity contribution is 5.69. The van der Waals surface area contributed by atoms with Crippen molar-refractivity contribution >= 4 is 5.97 Å². The standard InChI is InChI=1S/C23H45NO3/c1-2-3-4-5-6-10-13-19-27-23(26)17-11-8-7-9-12-18-24-21-15-14-16-22(25)20-21/h21-22,24-25H,2-20H2,1H3. The summed E-state index contributed by atoms with van der Waals surface area (Å²) < 4.78 is 5.32. The number of ether oxygens (including phenoxy) is 1. The maximum Gasteiger partial charge on any atom is 0.305 e. The van der Waals surface area contributed by atoms with Crippen LogP contribution in [0.3, 0.4) is 0 Å². The summed E-state index contributed by atoms with van der Waals surface area (Å²) in [6.07, 6.45) is 19.2. The molecule has 27 heavy (non-hydrogen) atoms. The molecule has 0 spiro atoms. The Kier molecular flexibility index (Phi) is 15.8. The SMILES string of the molecule is CCCCCCCCCOC(=O)CCCCCCCNC1CCCC(O)C1. The van der Waals surface area contributed by atoms with Crippen molar-refractivity contribution in [1.82, 2.24) is 5.32 Å². The minimum absolute atomic E-state index is 0.0153. The maximum atomic E-state index is 11.7. The predicted molar refractivity (Wildman–Crippen MR) is 113 cm³/mol. The summed E-state index contributed by atoms with van der Waals surface area (Å²) in [6.45, 7) is 3.90. The van der Waals surface area contributed by atoms with Crippen LogP contribution in [0.5, 0.6) is 0 Å². The van der Waals surface area contributed by atoms with Gasteiger partial charge in [-0.25, -0.2) is 0 Å². The second-order valence-corrected chi connectivity index (χ2v) is 8.33. The van der Waals surface area contributed by atoms with Crippen molar-refractivity contribution in [2.45, 2.75) is 128 Å². The van der Waals surface area contributed by atoms with Crippen molar-refractivity contribution in [2.24, 2.45) is 0 Å². The Morgan fingerprint density at radius 2 is 1.59 bits per heavy atom. The molecule has 0 aromatic rings. The second kappa shape index (κ2) is 17.5. The van der Waals surface area contributed by atoms with Gasteiger partial charge in [0, 0.05) is 12.5 Å². The highest BCUT2D eigenvalue weighted by Crippen LogP contribution is 2.18. The van der Waals surface area contributed by atoms with E-state index in [4.69, 9.17) is 4.74 Å². The van der Waals surface area contributed by atoms with E-state index in [1.165, 1.54) is 64.2 Å². The van der Waals surface area contributed by atoms with E-state index in [0.29, 0.717) is 19.1 Å². The molecular formula is C23H45NO3. The van der Waals surface area contributed by atoms with Gasteiger partial charge in [-0.05, 0) is 51.5 Å². The van der Waals surface area contributed by atoms with E-state index < -0.39 is 0 Å². The van der Waals surface area contributed by atoms with E-state index in [2.05, 4.69) is 12.2 Å². The van der Waals surface area contributed by atoms with E-state index >= 15 is 0 Å². The van der Waals surface area contributed by atoms with Gasteiger partial charge in [0.25, 0.3) is 0 Å². The molecule has 0 aromatic carbocycles. The number of aliphatic hydroxyl groups is 1. The van der Waals surface area contributed by atoms with Crippen molar-refractivity contribution in [3.8, 4) is 0 Å². The van der Waals surface area contributed by atoms with Gasteiger partial charge in [-0.2, -0.15) is 0 Å². The lowest BCUT2D eigenvalue weighted by Crippen LogP contribution is -2.36. The average Bonchev–Trinajstić information content (AvgIpc) is 2.66. The van der Waals surface area contributed by atoms with E-state index in [1.807, 2.05) is 0 Å². The number of carbonyl (C=O) groups excluding carboxylic acids is 1. The molecule has 0 heterocycles. The molecule has 2 unspecified atom stereocenters. The largest absolute Gasteiger partial charge is 0.466 e. The monoisotopic (exact) mass is 383 g/mol. The molecule has 2 N–H and O–H groups in total. The zero-order valence-electron chi connectivity index (χ0n) is 17.9. The second-order valence-electron chi connectivity index (χ2n) is 8.33. The third-order valence-electron chi connectivity index (χ3n) is 5.65. The van der Waals surface area contributed by atoms with Crippen LogP contribution in [0.25, 0.3) is 0 Å². The number of aliphatic hydroxyl groups excluding tert-OH is 1. The Balaban J connectivity index is 1.77. The molecular weight excluding hydrogens is 338 g/mol. The Bertz CT molecular complexity index is 349. The fraction of sp³-hybridized carbons (Fsp3) is 0.957. The van der Waals surface area contributed by atoms with Gasteiger partial charge in [0.05, 0.1) is 12.7 Å². The predicted octanol–water partition coefficient (Wildman–Crippen LogP) is 5.51. The van der Waals surface area contributed by atoms with Crippen molar-refractivity contribution in [3.05, 3.63) is 0 Å². The van der Waals surface area contributed by atoms with Crippen molar-refractivity contribution in [2.75, 3.05) is 13.2 Å². The number of carbonyl (C=O) groups is 1. The third kappa shape index (κ3) is 15.0. The van der Waals surface area contributed by atoms with Crippen molar-refractivity contribution in [1.29, 1.82) is 0 Å². The number of hydrogen-bond acceptors (Lipinski definition) is 4. The molecule has 1 aliphatic carbocycles. The molecule has 0 bridgehead atoms. The van der Waals surface area contributed by atoms with Crippen LogP contribution in [0.2, 0.25) is 0 Å². The van der Waals surface area contributed by atoms with Crippen LogP contribution in [0.1, 0.15) is 116 Å². The fourth-order valence-corrected chi connectivity index (χ4v) is 3.90. The van der Waals surface area contributed by atoms with Crippen LogP contribution in [-0.4, -0.2) is 36.4 Å². The number of rotatable bonds is 17. The highest BCUT2D eigenvalue weighted by atomic mass is 16.5. The topological polar surface area (TPSA) is 58.6 Å². The molecule has 4 nitrogen and oxygen atoms in total. The molecule has 1 aliphatic rings. The molecule has 1 fully saturated rings. The summed E-state index contributed by atoms with van der Waals surface area (Å²) in [6, 6.07) is 0.514. The molecule has 160 valence electrons. The first-order valence-electron chi connectivity index (χ1n) is 11.8. The minimum atomic E-state index is -0.0956. The van der Waals surface area contributed by atoms with E-state index in [-0.39, 0.29) is 12.1 Å². The van der Waals surface area contributed by atoms with Crippen LogP contribution in [0, 0.1) is 0 Å². The van der Waals surface area contributed by atoms with Gasteiger partial charge >= 0.3 is 5.97 Å². The minimum Gasteiger partial charge on any atom is -0.466 e. The summed E-state index contributed by atoms with van der Waals surface area (Å²) in [4.78, 5) is 11.7. The van der Waals surface area contributed by atoms with Gasteiger partial charge in [0.15, 0.2) is 0 Å². The summed E-state index contributed by atoms with van der Waals surface area (Å²) in [5.74, 6) is -0.0153. The first-order valence-corrected chi connectivity index (χ1v) is 11.8. The first-order chi connectivity index (χ1) is 13.2. The Morgan fingerprint density at radius 1 is 0.926 bits per heavy atom. The molecule has 0 saturated heterocycles. The number of nitrogens with one attached hydrogen (secondary N) is 1. The van der Waals surface area contributed by atoms with Crippen LogP contribution in [0.4, 0.5) is 0 Å². The highest BCUT2D eigenvalue weighted by Gasteiger charge is 2.18. The Morgan fingerprint density at radius 3 is 2.33 bits per heavy atom. The van der Waals surface area contributed by atoms with Gasteiger partial charge in [0.2, 0.25) is 0 Å². The number of esters is 1. The van der Waals surface area contributed by atoms with Crippen molar-refractivity contribution < 1.29 is 14.6 Å². The lowest BCUT2D eigenvalue weighted by molar-refractivity contribution is -0.143. The maximum absolute atomic E-state index is 11.7. The zero-order chi connectivity index (χ0) is 19.6. The molecule has 0 amide bonds. The summed E-state index contributed by atoms with van der Waals surface area (Å²) in [5, 5.41) is 13.2. The van der Waals surface area contributed by atoms with Crippen molar-refractivity contribution in [3.63, 3.8) is 0 Å². The molecule has 0 aromatic heterocycles. The van der Waals surface area contributed by atoms with Crippen LogP contribution in [0.15, 0.2) is 0 Å². The van der Waals surface area contributed by atoms with Gasteiger partial charge in [0.1, 0.15) is 0 Å². The average molecular weight is 384 g/mol. The number of unbranched alkanes of at least 4 members (excludes halogenated alkanes) is 10. The van der Waals surface area contributed by atoms with Crippen LogP contribution >= 0.6 is 0 Å².